The van der Waals surface area contributed by atoms with E-state index in [0.717, 1.165) is 12.8 Å². The molecule has 7 nitrogen and oxygen atoms in total. The van der Waals surface area contributed by atoms with Crippen molar-refractivity contribution in [2.45, 2.75) is 26.7 Å². The fourth-order valence-electron chi connectivity index (χ4n) is 3.33. The summed E-state index contributed by atoms with van der Waals surface area (Å²) in [6, 6.07) is 10.1. The van der Waals surface area contributed by atoms with Gasteiger partial charge in [-0.25, -0.2) is 0 Å². The van der Waals surface area contributed by atoms with Gasteiger partial charge in [-0.05, 0) is 37.6 Å². The number of ether oxygens (including phenoxy) is 3. The SMILES string of the molecule is CCCCOc1c(Cl)cc(C(=O)Nc2ccccc2C(=O)N2CCOCC2)cc1OCC. The molecule has 0 saturated carbocycles. The summed E-state index contributed by atoms with van der Waals surface area (Å²) in [5.41, 5.74) is 1.18. The molecule has 0 atom stereocenters. The lowest BCUT2D eigenvalue weighted by Gasteiger charge is -2.27. The molecule has 1 N–H and O–H groups in total. The first-order valence-electron chi connectivity index (χ1n) is 10.9. The quantitative estimate of drug-likeness (QED) is 0.551. The van der Waals surface area contributed by atoms with E-state index in [2.05, 4.69) is 12.2 Å². The van der Waals surface area contributed by atoms with Crippen LogP contribution in [0.2, 0.25) is 5.02 Å². The molecule has 1 fully saturated rings. The topological polar surface area (TPSA) is 77.1 Å². The van der Waals surface area contributed by atoms with E-state index in [1.807, 2.05) is 6.92 Å². The molecule has 1 aliphatic heterocycles. The number of anilines is 1. The van der Waals surface area contributed by atoms with Crippen LogP contribution in [-0.2, 0) is 4.74 Å². The predicted octanol–water partition coefficient (Wildman–Crippen LogP) is 4.64. The molecule has 2 aromatic rings. The van der Waals surface area contributed by atoms with Crippen molar-refractivity contribution in [1.82, 2.24) is 4.90 Å². The monoisotopic (exact) mass is 460 g/mol. The molecule has 2 amide bonds. The van der Waals surface area contributed by atoms with Crippen LogP contribution < -0.4 is 14.8 Å². The lowest BCUT2D eigenvalue weighted by molar-refractivity contribution is 0.0303. The zero-order chi connectivity index (χ0) is 22.9. The van der Waals surface area contributed by atoms with E-state index in [4.69, 9.17) is 25.8 Å². The van der Waals surface area contributed by atoms with Gasteiger partial charge in [-0.1, -0.05) is 37.1 Å². The van der Waals surface area contributed by atoms with Gasteiger partial charge in [0.1, 0.15) is 0 Å². The minimum atomic E-state index is -0.393. The van der Waals surface area contributed by atoms with Crippen molar-refractivity contribution >= 4 is 29.1 Å². The second kappa shape index (κ2) is 11.7. The number of amides is 2. The lowest BCUT2D eigenvalue weighted by Crippen LogP contribution is -2.41. The van der Waals surface area contributed by atoms with Crippen LogP contribution in [0.3, 0.4) is 0 Å². The van der Waals surface area contributed by atoms with Crippen molar-refractivity contribution in [2.24, 2.45) is 0 Å². The normalized spacial score (nSPS) is 13.5. The maximum Gasteiger partial charge on any atom is 0.256 e. The van der Waals surface area contributed by atoms with Crippen molar-refractivity contribution in [3.8, 4) is 11.5 Å². The third kappa shape index (κ3) is 5.93. The summed E-state index contributed by atoms with van der Waals surface area (Å²) in [6.07, 6.45) is 1.88. The van der Waals surface area contributed by atoms with E-state index in [1.54, 1.807) is 41.3 Å². The van der Waals surface area contributed by atoms with Gasteiger partial charge in [-0.3, -0.25) is 9.59 Å². The maximum absolute atomic E-state index is 13.0. The van der Waals surface area contributed by atoms with Crippen LogP contribution in [0.25, 0.3) is 0 Å². The summed E-state index contributed by atoms with van der Waals surface area (Å²) in [5, 5.41) is 3.14. The number of para-hydroxylation sites is 1. The molecule has 2 aromatic carbocycles. The second-order valence-corrected chi connectivity index (χ2v) is 7.73. The number of nitrogens with zero attached hydrogens (tertiary/aromatic N) is 1. The first-order valence-corrected chi connectivity index (χ1v) is 11.3. The number of benzene rings is 2. The Morgan fingerprint density at radius 2 is 1.88 bits per heavy atom. The van der Waals surface area contributed by atoms with Crippen LogP contribution in [0, 0.1) is 0 Å². The first-order chi connectivity index (χ1) is 15.5. The van der Waals surface area contributed by atoms with Crippen molar-refractivity contribution in [3.63, 3.8) is 0 Å². The first kappa shape index (κ1) is 23.9. The fraction of sp³-hybridized carbons (Fsp3) is 0.417. The molecule has 0 aliphatic carbocycles. The Balaban J connectivity index is 1.82. The van der Waals surface area contributed by atoms with Gasteiger partial charge in [0.05, 0.1) is 42.7 Å². The molecule has 0 radical (unpaired) electrons. The molecule has 0 unspecified atom stereocenters. The van der Waals surface area contributed by atoms with Crippen LogP contribution in [0.4, 0.5) is 5.69 Å². The zero-order valence-electron chi connectivity index (χ0n) is 18.5. The number of unbranched alkanes of at least 4 members (excludes halogenated alkanes) is 1. The number of rotatable bonds is 9. The van der Waals surface area contributed by atoms with Gasteiger partial charge >= 0.3 is 0 Å². The van der Waals surface area contributed by atoms with Crippen molar-refractivity contribution in [3.05, 3.63) is 52.5 Å². The Morgan fingerprint density at radius 1 is 1.12 bits per heavy atom. The molecular formula is C24H29ClN2O5. The number of nitrogens with one attached hydrogen (secondary N) is 1. The summed E-state index contributed by atoms with van der Waals surface area (Å²) in [7, 11) is 0. The zero-order valence-corrected chi connectivity index (χ0v) is 19.2. The Labute approximate surface area is 193 Å². The van der Waals surface area contributed by atoms with Crippen LogP contribution in [0.1, 0.15) is 47.4 Å². The number of halogens is 1. The van der Waals surface area contributed by atoms with E-state index < -0.39 is 5.91 Å². The van der Waals surface area contributed by atoms with Crippen LogP contribution in [0.5, 0.6) is 11.5 Å². The molecule has 0 spiro atoms. The molecule has 8 heteroatoms. The highest BCUT2D eigenvalue weighted by Gasteiger charge is 2.22. The number of morpholine rings is 1. The maximum atomic E-state index is 13.0. The summed E-state index contributed by atoms with van der Waals surface area (Å²) < 4.78 is 16.8. The van der Waals surface area contributed by atoms with Crippen molar-refractivity contribution < 1.29 is 23.8 Å². The smallest absolute Gasteiger partial charge is 0.256 e. The Hall–Kier alpha value is -2.77. The molecule has 1 saturated heterocycles. The standard InChI is InChI=1S/C24H29ClN2O5/c1-3-5-12-32-22-19(25)15-17(16-21(22)31-4-2)23(28)26-20-9-7-6-8-18(20)24(29)27-10-13-30-14-11-27/h6-9,15-16H,3-5,10-14H2,1-2H3,(H,26,28). The van der Waals surface area contributed by atoms with Crippen molar-refractivity contribution in [1.29, 1.82) is 0 Å². The van der Waals surface area contributed by atoms with Crippen LogP contribution >= 0.6 is 11.6 Å². The van der Waals surface area contributed by atoms with E-state index in [-0.39, 0.29) is 5.91 Å². The molecule has 0 bridgehead atoms. The van der Waals surface area contributed by atoms with Gasteiger partial charge in [0.15, 0.2) is 11.5 Å². The van der Waals surface area contributed by atoms with Gasteiger partial charge < -0.3 is 24.4 Å². The van der Waals surface area contributed by atoms with E-state index in [1.165, 1.54) is 0 Å². The van der Waals surface area contributed by atoms with Gasteiger partial charge in [0, 0.05) is 18.7 Å². The highest BCUT2D eigenvalue weighted by atomic mass is 35.5. The van der Waals surface area contributed by atoms with E-state index in [0.29, 0.717) is 72.9 Å². The van der Waals surface area contributed by atoms with Gasteiger partial charge in [0.2, 0.25) is 0 Å². The lowest BCUT2D eigenvalue weighted by atomic mass is 10.1. The highest BCUT2D eigenvalue weighted by Crippen LogP contribution is 2.37. The summed E-state index contributed by atoms with van der Waals surface area (Å²) in [5.74, 6) is 0.312. The molecule has 0 aromatic heterocycles. The minimum absolute atomic E-state index is 0.142. The third-order valence-corrected chi connectivity index (χ3v) is 5.30. The molecule has 3 rings (SSSR count). The van der Waals surface area contributed by atoms with Crippen LogP contribution in [-0.4, -0.2) is 56.2 Å². The third-order valence-electron chi connectivity index (χ3n) is 5.02. The molecule has 32 heavy (non-hydrogen) atoms. The van der Waals surface area contributed by atoms with E-state index in [9.17, 15) is 9.59 Å². The average Bonchev–Trinajstić information content (AvgIpc) is 2.81. The van der Waals surface area contributed by atoms with E-state index >= 15 is 0 Å². The number of carbonyl (C=O) groups is 2. The number of hydrogen-bond donors (Lipinski definition) is 1. The van der Waals surface area contributed by atoms with Gasteiger partial charge in [0.25, 0.3) is 11.8 Å². The minimum Gasteiger partial charge on any atom is -0.490 e. The predicted molar refractivity (Wildman–Crippen MR) is 124 cm³/mol. The summed E-state index contributed by atoms with van der Waals surface area (Å²) >= 11 is 6.42. The Bertz CT molecular complexity index is 944. The molecule has 1 aliphatic rings. The molecular weight excluding hydrogens is 432 g/mol. The second-order valence-electron chi connectivity index (χ2n) is 7.32. The molecule has 172 valence electrons. The summed E-state index contributed by atoms with van der Waals surface area (Å²) in [6.45, 7) is 6.90. The Kier molecular flexibility index (Phi) is 8.76. The highest BCUT2D eigenvalue weighted by molar-refractivity contribution is 6.32. The van der Waals surface area contributed by atoms with Gasteiger partial charge in [-0.15, -0.1) is 0 Å². The fourth-order valence-corrected chi connectivity index (χ4v) is 3.60. The average molecular weight is 461 g/mol. The number of carbonyl (C=O) groups excluding carboxylic acids is 2. The number of hydrogen-bond acceptors (Lipinski definition) is 5. The van der Waals surface area contributed by atoms with Gasteiger partial charge in [-0.2, -0.15) is 0 Å². The Morgan fingerprint density at radius 3 is 2.59 bits per heavy atom. The summed E-state index contributed by atoms with van der Waals surface area (Å²) in [4.78, 5) is 27.7. The van der Waals surface area contributed by atoms with Crippen LogP contribution in [0.15, 0.2) is 36.4 Å². The largest absolute Gasteiger partial charge is 0.490 e. The van der Waals surface area contributed by atoms with Crippen molar-refractivity contribution in [2.75, 3.05) is 44.8 Å². The molecule has 1 heterocycles.